The first-order valence-electron chi connectivity index (χ1n) is 3.97. The van der Waals surface area contributed by atoms with Gasteiger partial charge in [-0.2, -0.15) is 5.10 Å². The molecule has 1 saturated carbocycles. The first-order chi connectivity index (χ1) is 6.50. The molecule has 5 nitrogen and oxygen atoms in total. The van der Waals surface area contributed by atoms with Crippen molar-refractivity contribution in [3.05, 3.63) is 12.2 Å². The van der Waals surface area contributed by atoms with Crippen molar-refractivity contribution in [3.63, 3.8) is 0 Å². The molecule has 8 heteroatoms. The van der Waals surface area contributed by atoms with Crippen LogP contribution in [0.4, 0.5) is 8.78 Å². The van der Waals surface area contributed by atoms with Crippen molar-refractivity contribution in [2.24, 2.45) is 5.92 Å². The number of nitrogens with zero attached hydrogens (tertiary/aromatic N) is 3. The van der Waals surface area contributed by atoms with Crippen LogP contribution in [0.2, 0.25) is 0 Å². The Morgan fingerprint density at radius 2 is 2.33 bits per heavy atom. The van der Waals surface area contributed by atoms with Gasteiger partial charge in [0, 0.05) is 12.3 Å². The second-order valence-corrected chi connectivity index (χ2v) is 3.22. The van der Waals surface area contributed by atoms with Gasteiger partial charge in [-0.3, -0.25) is 0 Å². The fraction of sp³-hybridized carbons (Fsp3) is 0.571. The first kappa shape index (κ1) is 12.1. The quantitative estimate of drug-likeness (QED) is 0.480. The summed E-state index contributed by atoms with van der Waals surface area (Å²) in [6.45, 7) is -0.129. The van der Waals surface area contributed by atoms with E-state index >= 15 is 0 Å². The van der Waals surface area contributed by atoms with Gasteiger partial charge in [-0.05, 0) is 0 Å². The molecule has 1 unspecified atom stereocenters. The topological polar surface area (TPSA) is 70.8 Å². The SMILES string of the molecule is O=C([O-])c1ncnn1CC1CC1(F)F.[Li+]. The summed E-state index contributed by atoms with van der Waals surface area (Å²) in [7, 11) is 0. The molecular formula is C7H6F2LiN3O2. The Kier molecular flexibility index (Phi) is 3.16. The number of hydrogen-bond donors (Lipinski definition) is 0. The minimum atomic E-state index is -2.69. The smallest absolute Gasteiger partial charge is 0.542 e. The second-order valence-electron chi connectivity index (χ2n) is 3.22. The molecule has 0 aromatic carbocycles. The van der Waals surface area contributed by atoms with Gasteiger partial charge in [-0.1, -0.05) is 0 Å². The fourth-order valence-electron chi connectivity index (χ4n) is 1.23. The Morgan fingerprint density at radius 3 is 2.80 bits per heavy atom. The van der Waals surface area contributed by atoms with Gasteiger partial charge in [0.25, 0.3) is 5.92 Å². The second kappa shape index (κ2) is 3.91. The van der Waals surface area contributed by atoms with Crippen LogP contribution in [-0.4, -0.2) is 26.7 Å². The normalized spacial score (nSPS) is 21.9. The van der Waals surface area contributed by atoms with E-state index in [9.17, 15) is 18.7 Å². The molecule has 15 heavy (non-hydrogen) atoms. The molecule has 76 valence electrons. The summed E-state index contributed by atoms with van der Waals surface area (Å²) < 4.78 is 25.9. The molecule has 1 fully saturated rings. The monoisotopic (exact) mass is 209 g/mol. The van der Waals surface area contributed by atoms with Crippen LogP contribution in [0.15, 0.2) is 6.33 Å². The Bertz CT molecular complexity index is 382. The van der Waals surface area contributed by atoms with Crippen molar-refractivity contribution >= 4 is 5.97 Å². The summed E-state index contributed by atoms with van der Waals surface area (Å²) in [6.07, 6.45) is 0.783. The largest absolute Gasteiger partial charge is 1.00 e. The maximum Gasteiger partial charge on any atom is 1.00 e. The summed E-state index contributed by atoms with van der Waals surface area (Å²) in [6, 6.07) is 0. The molecule has 0 N–H and O–H groups in total. The predicted octanol–water partition coefficient (Wildman–Crippen LogP) is -3.70. The number of aromatic carboxylic acids is 1. The van der Waals surface area contributed by atoms with Crippen LogP contribution in [0, 0.1) is 5.92 Å². The average molecular weight is 209 g/mol. The predicted molar refractivity (Wildman–Crippen MR) is 37.4 cm³/mol. The summed E-state index contributed by atoms with van der Waals surface area (Å²) in [5, 5.41) is 14.0. The average Bonchev–Trinajstić information content (AvgIpc) is 2.52. The summed E-state index contributed by atoms with van der Waals surface area (Å²) in [5.41, 5.74) is 0. The van der Waals surface area contributed by atoms with Gasteiger partial charge in [0.05, 0.1) is 6.54 Å². The van der Waals surface area contributed by atoms with E-state index in [0.717, 1.165) is 11.0 Å². The minimum absolute atomic E-state index is 0. The Morgan fingerprint density at radius 1 is 1.73 bits per heavy atom. The van der Waals surface area contributed by atoms with Crippen molar-refractivity contribution in [1.29, 1.82) is 0 Å². The Hall–Kier alpha value is -0.933. The van der Waals surface area contributed by atoms with Crippen LogP contribution >= 0.6 is 0 Å². The third-order valence-electron chi connectivity index (χ3n) is 2.15. The molecule has 0 spiro atoms. The van der Waals surface area contributed by atoms with E-state index in [1.165, 1.54) is 0 Å². The zero-order valence-electron chi connectivity index (χ0n) is 7.98. The van der Waals surface area contributed by atoms with E-state index in [2.05, 4.69) is 10.1 Å². The molecule has 1 aliphatic carbocycles. The van der Waals surface area contributed by atoms with Crippen LogP contribution in [0.1, 0.15) is 17.0 Å². The van der Waals surface area contributed by atoms with Gasteiger partial charge in [-0.15, -0.1) is 0 Å². The first-order valence-corrected chi connectivity index (χ1v) is 3.97. The minimum Gasteiger partial charge on any atom is -0.542 e. The van der Waals surface area contributed by atoms with E-state index < -0.39 is 23.6 Å². The Balaban J connectivity index is 0.00000112. The number of carboxylic acids is 1. The summed E-state index contributed by atoms with van der Waals surface area (Å²) >= 11 is 0. The van der Waals surface area contributed by atoms with E-state index in [4.69, 9.17) is 0 Å². The van der Waals surface area contributed by atoms with Crippen LogP contribution in [-0.2, 0) is 6.54 Å². The summed E-state index contributed by atoms with van der Waals surface area (Å²) in [4.78, 5) is 13.8. The number of hydrogen-bond acceptors (Lipinski definition) is 4. The molecular weight excluding hydrogens is 203 g/mol. The van der Waals surface area contributed by atoms with Gasteiger partial charge in [0.1, 0.15) is 12.3 Å². The van der Waals surface area contributed by atoms with Crippen molar-refractivity contribution < 1.29 is 37.5 Å². The van der Waals surface area contributed by atoms with Crippen LogP contribution in [0.25, 0.3) is 0 Å². The molecule has 1 aromatic heterocycles. The fourth-order valence-corrected chi connectivity index (χ4v) is 1.23. The van der Waals surface area contributed by atoms with Crippen molar-refractivity contribution in [2.75, 3.05) is 0 Å². The van der Waals surface area contributed by atoms with E-state index in [0.29, 0.717) is 0 Å². The third kappa shape index (κ3) is 2.36. The zero-order chi connectivity index (χ0) is 10.3. The van der Waals surface area contributed by atoms with Crippen LogP contribution in [0.5, 0.6) is 0 Å². The van der Waals surface area contributed by atoms with E-state index in [-0.39, 0.29) is 31.8 Å². The number of carboxylic acid groups (broad SMARTS) is 1. The molecule has 0 radical (unpaired) electrons. The van der Waals surface area contributed by atoms with Crippen LogP contribution < -0.4 is 24.0 Å². The maximum absolute atomic E-state index is 12.5. The number of rotatable bonds is 3. The maximum atomic E-state index is 12.5. The Labute approximate surface area is 95.7 Å². The van der Waals surface area contributed by atoms with Crippen molar-refractivity contribution in [2.45, 2.75) is 18.9 Å². The van der Waals surface area contributed by atoms with Gasteiger partial charge in [-0.25, -0.2) is 18.4 Å². The van der Waals surface area contributed by atoms with Gasteiger partial charge in [0.2, 0.25) is 0 Å². The number of alkyl halides is 2. The van der Waals surface area contributed by atoms with Gasteiger partial charge in [0.15, 0.2) is 5.82 Å². The molecule has 2 rings (SSSR count). The number of aromatic nitrogens is 3. The van der Waals surface area contributed by atoms with Gasteiger partial charge >= 0.3 is 18.9 Å². The number of halogens is 2. The third-order valence-corrected chi connectivity index (χ3v) is 2.15. The number of carbonyl (C=O) groups is 1. The van der Waals surface area contributed by atoms with E-state index in [1.807, 2.05) is 0 Å². The van der Waals surface area contributed by atoms with Gasteiger partial charge < -0.3 is 9.90 Å². The standard InChI is InChI=1S/C7H7F2N3O2.Li/c8-7(9)1-4(7)2-12-5(6(13)14)10-3-11-12;/h3-4H,1-2H2,(H,13,14);/q;+1/p-1. The molecule has 1 aromatic rings. The van der Waals surface area contributed by atoms with Crippen molar-refractivity contribution in [1.82, 2.24) is 14.8 Å². The van der Waals surface area contributed by atoms with E-state index in [1.54, 1.807) is 0 Å². The number of carbonyl (C=O) groups excluding carboxylic acids is 1. The van der Waals surface area contributed by atoms with Crippen LogP contribution in [0.3, 0.4) is 0 Å². The molecule has 0 bridgehead atoms. The summed E-state index contributed by atoms with van der Waals surface area (Å²) in [5.74, 6) is -5.43. The molecule has 1 atom stereocenters. The molecule has 1 aliphatic rings. The van der Waals surface area contributed by atoms with Crippen molar-refractivity contribution in [3.8, 4) is 0 Å². The molecule has 1 heterocycles. The molecule has 0 aliphatic heterocycles. The molecule has 0 saturated heterocycles. The zero-order valence-corrected chi connectivity index (χ0v) is 7.98. The molecule has 0 amide bonds.